The predicted octanol–water partition coefficient (Wildman–Crippen LogP) is 3.57. The molecule has 8 nitrogen and oxygen atoms in total. The summed E-state index contributed by atoms with van der Waals surface area (Å²) in [6.07, 6.45) is 1.43. The number of nitrogens with one attached hydrogen (secondary N) is 1. The number of aromatic amines is 1. The van der Waals surface area contributed by atoms with E-state index in [1.807, 2.05) is 0 Å². The number of rotatable bonds is 5. The molecule has 1 heterocycles. The average Bonchev–Trinajstić information content (AvgIpc) is 3.04. The third-order valence-corrected chi connectivity index (χ3v) is 4.23. The van der Waals surface area contributed by atoms with E-state index in [2.05, 4.69) is 15.3 Å². The number of phenolic OH excluding ortho intramolecular Hbond substituents is 2. The second-order valence-corrected chi connectivity index (χ2v) is 6.14. The molecule has 0 saturated heterocycles. The average molecular weight is 407 g/mol. The van der Waals surface area contributed by atoms with Crippen molar-refractivity contribution in [3.05, 3.63) is 45.7 Å². The van der Waals surface area contributed by atoms with Gasteiger partial charge in [0.15, 0.2) is 28.8 Å². The number of aromatic hydroxyl groups is 2. The fraction of sp³-hybridized carbons (Fsp3) is 0.118. The molecule has 0 fully saturated rings. The Morgan fingerprint density at radius 2 is 1.93 bits per heavy atom. The van der Waals surface area contributed by atoms with E-state index in [-0.39, 0.29) is 21.3 Å². The molecule has 3 rings (SSSR count). The Balaban J connectivity index is 2.02. The van der Waals surface area contributed by atoms with Crippen LogP contribution in [0.25, 0.3) is 11.4 Å². The highest BCUT2D eigenvalue weighted by Gasteiger charge is 2.12. The van der Waals surface area contributed by atoms with Crippen molar-refractivity contribution in [3.63, 3.8) is 0 Å². The number of halogens is 1. The van der Waals surface area contributed by atoms with Gasteiger partial charge in [-0.25, -0.2) is 5.10 Å². The smallest absolute Gasteiger partial charge is 0.216 e. The van der Waals surface area contributed by atoms with Gasteiger partial charge in [0.1, 0.15) is 0 Å². The third kappa shape index (κ3) is 3.74. The molecule has 0 amide bonds. The highest BCUT2D eigenvalue weighted by molar-refractivity contribution is 7.71. The highest BCUT2D eigenvalue weighted by Crippen LogP contribution is 2.34. The van der Waals surface area contributed by atoms with Crippen molar-refractivity contribution in [2.24, 2.45) is 5.10 Å². The fourth-order valence-corrected chi connectivity index (χ4v) is 2.77. The first kappa shape index (κ1) is 18.7. The van der Waals surface area contributed by atoms with Gasteiger partial charge in [0.05, 0.1) is 25.5 Å². The third-order valence-electron chi connectivity index (χ3n) is 3.68. The molecule has 140 valence electrons. The van der Waals surface area contributed by atoms with Gasteiger partial charge in [-0.15, -0.1) is 0 Å². The van der Waals surface area contributed by atoms with Gasteiger partial charge >= 0.3 is 0 Å². The largest absolute Gasteiger partial charge is 0.504 e. The zero-order chi connectivity index (χ0) is 19.6. The van der Waals surface area contributed by atoms with E-state index in [4.69, 9.17) is 33.3 Å². The fourth-order valence-electron chi connectivity index (χ4n) is 2.36. The molecule has 3 aromatic rings. The molecule has 0 spiro atoms. The van der Waals surface area contributed by atoms with Crippen molar-refractivity contribution < 1.29 is 19.7 Å². The molecular weight excluding hydrogens is 392 g/mol. The van der Waals surface area contributed by atoms with E-state index in [1.165, 1.54) is 30.1 Å². The lowest BCUT2D eigenvalue weighted by Crippen LogP contribution is -1.97. The van der Waals surface area contributed by atoms with Gasteiger partial charge in [-0.2, -0.15) is 14.9 Å². The van der Waals surface area contributed by atoms with Gasteiger partial charge < -0.3 is 19.7 Å². The van der Waals surface area contributed by atoms with Crippen LogP contribution in [0.1, 0.15) is 5.56 Å². The van der Waals surface area contributed by atoms with Crippen LogP contribution in [0.2, 0.25) is 5.02 Å². The highest BCUT2D eigenvalue weighted by atomic mass is 35.5. The van der Waals surface area contributed by atoms with Crippen molar-refractivity contribution in [2.75, 3.05) is 14.2 Å². The predicted molar refractivity (Wildman–Crippen MR) is 104 cm³/mol. The van der Waals surface area contributed by atoms with Crippen LogP contribution in [0, 0.1) is 4.77 Å². The lowest BCUT2D eigenvalue weighted by atomic mass is 10.2. The van der Waals surface area contributed by atoms with Crippen LogP contribution >= 0.6 is 23.8 Å². The maximum Gasteiger partial charge on any atom is 0.216 e. The summed E-state index contributed by atoms with van der Waals surface area (Å²) >= 11 is 11.1. The van der Waals surface area contributed by atoms with Crippen molar-refractivity contribution in [3.8, 4) is 34.4 Å². The van der Waals surface area contributed by atoms with Crippen molar-refractivity contribution in [1.82, 2.24) is 14.9 Å². The first-order valence-electron chi connectivity index (χ1n) is 7.60. The summed E-state index contributed by atoms with van der Waals surface area (Å²) in [7, 11) is 3.09. The van der Waals surface area contributed by atoms with Gasteiger partial charge in [-0.1, -0.05) is 11.6 Å². The molecular formula is C17H15ClN4O4S. The molecule has 0 saturated carbocycles. The van der Waals surface area contributed by atoms with Crippen molar-refractivity contribution in [2.45, 2.75) is 0 Å². The van der Waals surface area contributed by atoms with Gasteiger partial charge in [-0.3, -0.25) is 0 Å². The Bertz CT molecular complexity index is 1050. The summed E-state index contributed by atoms with van der Waals surface area (Å²) in [4.78, 5) is 0. The summed E-state index contributed by atoms with van der Waals surface area (Å²) in [5.41, 5.74) is 1.17. The number of nitrogens with zero attached hydrogens (tertiary/aromatic N) is 3. The van der Waals surface area contributed by atoms with E-state index in [1.54, 1.807) is 25.3 Å². The van der Waals surface area contributed by atoms with E-state index < -0.39 is 0 Å². The number of hydrogen-bond donors (Lipinski definition) is 3. The Kier molecular flexibility index (Phi) is 5.33. The van der Waals surface area contributed by atoms with E-state index in [0.717, 1.165) is 0 Å². The summed E-state index contributed by atoms with van der Waals surface area (Å²) in [5, 5.41) is 30.4. The Morgan fingerprint density at radius 1 is 1.19 bits per heavy atom. The molecule has 0 aliphatic carbocycles. The molecule has 0 unspecified atom stereocenters. The number of benzene rings is 2. The van der Waals surface area contributed by atoms with Crippen LogP contribution < -0.4 is 9.47 Å². The minimum absolute atomic E-state index is 0.00681. The zero-order valence-electron chi connectivity index (χ0n) is 14.3. The first-order chi connectivity index (χ1) is 12.9. The molecule has 0 aliphatic rings. The number of aromatic nitrogens is 3. The number of methoxy groups -OCH3 is 2. The SMILES string of the molecule is COc1ccc(-c2n[nH]c(=S)n2/N=C/c2cc(O)c(O)c(Cl)c2)cc1OC. The van der Waals surface area contributed by atoms with Crippen LogP contribution in [-0.4, -0.2) is 45.5 Å². The minimum atomic E-state index is -0.389. The van der Waals surface area contributed by atoms with Gasteiger partial charge in [-0.05, 0) is 48.1 Å². The monoisotopic (exact) mass is 406 g/mol. The minimum Gasteiger partial charge on any atom is -0.504 e. The number of hydrogen-bond acceptors (Lipinski definition) is 7. The zero-order valence-corrected chi connectivity index (χ0v) is 15.9. The molecule has 1 aromatic heterocycles. The molecule has 0 radical (unpaired) electrons. The second-order valence-electron chi connectivity index (χ2n) is 5.35. The van der Waals surface area contributed by atoms with Crippen molar-refractivity contribution >= 4 is 30.0 Å². The van der Waals surface area contributed by atoms with Crippen LogP contribution in [0.4, 0.5) is 0 Å². The molecule has 0 bridgehead atoms. The van der Waals surface area contributed by atoms with Gasteiger partial charge in [0.2, 0.25) is 4.77 Å². The Hall–Kier alpha value is -3.04. The molecule has 10 heteroatoms. The maximum absolute atomic E-state index is 9.66. The number of ether oxygens (including phenoxy) is 2. The Morgan fingerprint density at radius 3 is 2.59 bits per heavy atom. The lowest BCUT2D eigenvalue weighted by Gasteiger charge is -2.09. The number of phenols is 2. The van der Waals surface area contributed by atoms with E-state index >= 15 is 0 Å². The topological polar surface area (TPSA) is 105 Å². The number of H-pyrrole nitrogens is 1. The van der Waals surface area contributed by atoms with E-state index in [9.17, 15) is 10.2 Å². The van der Waals surface area contributed by atoms with Crippen LogP contribution in [0.15, 0.2) is 35.4 Å². The van der Waals surface area contributed by atoms with Crippen LogP contribution in [-0.2, 0) is 0 Å². The molecule has 2 aromatic carbocycles. The normalized spacial score (nSPS) is 11.1. The molecule has 3 N–H and O–H groups in total. The van der Waals surface area contributed by atoms with Gasteiger partial charge in [0, 0.05) is 5.56 Å². The van der Waals surface area contributed by atoms with E-state index in [0.29, 0.717) is 28.5 Å². The van der Waals surface area contributed by atoms with Crippen LogP contribution in [0.3, 0.4) is 0 Å². The van der Waals surface area contributed by atoms with Crippen molar-refractivity contribution in [1.29, 1.82) is 0 Å². The molecule has 27 heavy (non-hydrogen) atoms. The summed E-state index contributed by atoms with van der Waals surface area (Å²) in [6.45, 7) is 0. The van der Waals surface area contributed by atoms with Gasteiger partial charge in [0.25, 0.3) is 0 Å². The maximum atomic E-state index is 9.66. The Labute approximate surface area is 164 Å². The molecule has 0 atom stereocenters. The van der Waals surface area contributed by atoms with Crippen LogP contribution in [0.5, 0.6) is 23.0 Å². The molecule has 0 aliphatic heterocycles. The quantitative estimate of drug-likeness (QED) is 0.340. The summed E-state index contributed by atoms with van der Waals surface area (Å²) in [6, 6.07) is 8.07. The summed E-state index contributed by atoms with van der Waals surface area (Å²) in [5.74, 6) is 0.834. The second kappa shape index (κ2) is 7.68. The lowest BCUT2D eigenvalue weighted by molar-refractivity contribution is 0.355. The standard InChI is InChI=1S/C17H15ClN4O4S/c1-25-13-4-3-10(7-14(13)26-2)16-20-21-17(27)22(16)19-8-9-5-11(18)15(24)12(23)6-9/h3-8,23-24H,1-2H3,(H,21,27)/b19-8+. The summed E-state index contributed by atoms with van der Waals surface area (Å²) < 4.78 is 12.2. The first-order valence-corrected chi connectivity index (χ1v) is 8.39.